The van der Waals surface area contributed by atoms with E-state index in [1.54, 1.807) is 23.1 Å². The first-order valence-electron chi connectivity index (χ1n) is 12.0. The number of nitrogens with zero attached hydrogens (tertiary/aromatic N) is 3. The van der Waals surface area contributed by atoms with E-state index in [1.165, 1.54) is 11.3 Å². The fourth-order valence-electron chi connectivity index (χ4n) is 3.70. The number of anilines is 1. The van der Waals surface area contributed by atoms with Gasteiger partial charge in [-0.1, -0.05) is 31.3 Å². The molecule has 0 spiro atoms. The molecular weight excluding hydrogens is 486 g/mol. The van der Waals surface area contributed by atoms with Crippen LogP contribution in [-0.4, -0.2) is 61.8 Å². The predicted molar refractivity (Wildman–Crippen MR) is 146 cm³/mol. The summed E-state index contributed by atoms with van der Waals surface area (Å²) in [5.74, 6) is 1.82. The second-order valence-electron chi connectivity index (χ2n) is 7.54. The zero-order chi connectivity index (χ0) is 24.5. The Hall–Kier alpha value is -2.55. The van der Waals surface area contributed by atoms with Gasteiger partial charge in [0.25, 0.3) is 5.91 Å². The van der Waals surface area contributed by atoms with Crippen LogP contribution in [0.4, 0.5) is 5.13 Å². The Labute approximate surface area is 218 Å². The zero-order valence-corrected chi connectivity index (χ0v) is 22.8. The molecule has 2 aromatic carbocycles. The maximum Gasteiger partial charge on any atom is 0.260 e. The van der Waals surface area contributed by atoms with Crippen molar-refractivity contribution in [2.24, 2.45) is 0 Å². The number of benzene rings is 2. The molecule has 0 aliphatic rings. The maximum absolute atomic E-state index is 13.8. The average molecular weight is 522 g/mol. The first kappa shape index (κ1) is 28.7. The van der Waals surface area contributed by atoms with Gasteiger partial charge in [-0.15, -0.1) is 12.4 Å². The first-order valence-corrected chi connectivity index (χ1v) is 12.8. The van der Waals surface area contributed by atoms with Crippen LogP contribution in [0.15, 0.2) is 36.4 Å². The molecule has 3 aromatic rings. The Balaban J connectivity index is 0.00000432. The molecular formula is C26H36ClN3O4S. The molecule has 35 heavy (non-hydrogen) atoms. The highest BCUT2D eigenvalue weighted by Gasteiger charge is 2.24. The number of aromatic nitrogens is 1. The van der Waals surface area contributed by atoms with Gasteiger partial charge in [0, 0.05) is 18.7 Å². The van der Waals surface area contributed by atoms with Gasteiger partial charge in [-0.3, -0.25) is 9.69 Å². The summed E-state index contributed by atoms with van der Waals surface area (Å²) in [5, 5.41) is 0.658. The molecule has 0 radical (unpaired) electrons. The van der Waals surface area contributed by atoms with Crippen LogP contribution in [0.2, 0.25) is 0 Å². The molecule has 1 heterocycles. The second-order valence-corrected chi connectivity index (χ2v) is 8.55. The average Bonchev–Trinajstić information content (AvgIpc) is 3.28. The van der Waals surface area contributed by atoms with Gasteiger partial charge in [0.05, 0.1) is 24.5 Å². The van der Waals surface area contributed by atoms with E-state index in [2.05, 4.69) is 18.7 Å². The number of para-hydroxylation sites is 1. The fraction of sp³-hybridized carbons (Fsp3) is 0.462. The summed E-state index contributed by atoms with van der Waals surface area (Å²) in [6, 6.07) is 11.2. The minimum atomic E-state index is -0.117. The van der Waals surface area contributed by atoms with Crippen molar-refractivity contribution in [3.05, 3.63) is 42.0 Å². The molecule has 7 nitrogen and oxygen atoms in total. The van der Waals surface area contributed by atoms with E-state index in [0.717, 1.165) is 35.6 Å². The van der Waals surface area contributed by atoms with Gasteiger partial charge < -0.3 is 19.1 Å². The summed E-state index contributed by atoms with van der Waals surface area (Å²) in [7, 11) is 0. The third-order valence-electron chi connectivity index (χ3n) is 5.47. The van der Waals surface area contributed by atoms with Crippen LogP contribution < -0.4 is 19.1 Å². The highest BCUT2D eigenvalue weighted by molar-refractivity contribution is 7.22. The van der Waals surface area contributed by atoms with Crippen molar-refractivity contribution in [1.82, 2.24) is 9.88 Å². The summed E-state index contributed by atoms with van der Waals surface area (Å²) in [5.41, 5.74) is 1.32. The number of ether oxygens (including phenoxy) is 3. The second kappa shape index (κ2) is 14.1. The normalized spacial score (nSPS) is 10.8. The van der Waals surface area contributed by atoms with Crippen molar-refractivity contribution < 1.29 is 19.0 Å². The van der Waals surface area contributed by atoms with Crippen molar-refractivity contribution in [3.63, 3.8) is 0 Å². The smallest absolute Gasteiger partial charge is 0.260 e. The molecule has 0 N–H and O–H groups in total. The minimum absolute atomic E-state index is 0. The number of carbonyl (C=O) groups is 1. The molecule has 3 rings (SSSR count). The Bertz CT molecular complexity index is 1090. The van der Waals surface area contributed by atoms with Crippen LogP contribution in [0.25, 0.3) is 10.2 Å². The molecule has 0 unspecified atom stereocenters. The van der Waals surface area contributed by atoms with Gasteiger partial charge in [0.15, 0.2) is 16.6 Å². The molecule has 0 atom stereocenters. The Morgan fingerprint density at radius 1 is 0.857 bits per heavy atom. The van der Waals surface area contributed by atoms with E-state index < -0.39 is 0 Å². The Morgan fingerprint density at radius 2 is 1.51 bits per heavy atom. The summed E-state index contributed by atoms with van der Waals surface area (Å²) >= 11 is 1.50. The number of rotatable bonds is 13. The van der Waals surface area contributed by atoms with Crippen LogP contribution in [0.3, 0.4) is 0 Å². The van der Waals surface area contributed by atoms with Gasteiger partial charge in [-0.2, -0.15) is 0 Å². The number of halogens is 1. The number of hydrogen-bond donors (Lipinski definition) is 0. The van der Waals surface area contributed by atoms with Crippen molar-refractivity contribution in [1.29, 1.82) is 0 Å². The van der Waals surface area contributed by atoms with Gasteiger partial charge >= 0.3 is 0 Å². The number of amides is 1. The monoisotopic (exact) mass is 521 g/mol. The lowest BCUT2D eigenvalue weighted by Crippen LogP contribution is -2.38. The highest BCUT2D eigenvalue weighted by atomic mass is 35.5. The lowest BCUT2D eigenvalue weighted by Gasteiger charge is -2.25. The standard InChI is InChI=1S/C26H35N3O4S.ClH/c1-6-28(7-2)16-17-29(26-27-24-21(32-9-4)12-11-13-23(24)34-26)25(30)19-14-15-20(31-8-3)22(18-19)33-10-5;/h11-15,18H,6-10,16-17H2,1-5H3;1H. The van der Waals surface area contributed by atoms with Crippen LogP contribution in [0, 0.1) is 0 Å². The highest BCUT2D eigenvalue weighted by Crippen LogP contribution is 2.35. The minimum Gasteiger partial charge on any atom is -0.492 e. The summed E-state index contributed by atoms with van der Waals surface area (Å²) in [6.07, 6.45) is 0. The third kappa shape index (κ3) is 6.99. The molecule has 0 aliphatic carbocycles. The lowest BCUT2D eigenvalue weighted by atomic mass is 10.1. The van der Waals surface area contributed by atoms with E-state index in [9.17, 15) is 4.79 Å². The lowest BCUT2D eigenvalue weighted by molar-refractivity contribution is 0.0983. The number of fused-ring (bicyclic) bond motifs is 1. The number of likely N-dealkylation sites (N-methyl/N-ethyl adjacent to an activating group) is 1. The molecule has 0 bridgehead atoms. The largest absolute Gasteiger partial charge is 0.492 e. The van der Waals surface area contributed by atoms with Crippen molar-refractivity contribution in [3.8, 4) is 17.2 Å². The quantitative estimate of drug-likeness (QED) is 0.279. The van der Waals surface area contributed by atoms with Crippen molar-refractivity contribution in [2.45, 2.75) is 34.6 Å². The SMILES string of the molecule is CCOc1ccc(C(=O)N(CCN(CC)CC)c2nc3c(OCC)cccc3s2)cc1OCC.Cl. The summed E-state index contributed by atoms with van der Waals surface area (Å²) in [4.78, 5) is 22.7. The molecule has 0 saturated carbocycles. The topological polar surface area (TPSA) is 64.1 Å². The maximum atomic E-state index is 13.8. The van der Waals surface area contributed by atoms with E-state index in [4.69, 9.17) is 19.2 Å². The van der Waals surface area contributed by atoms with E-state index >= 15 is 0 Å². The Kier molecular flexibility index (Phi) is 11.6. The molecule has 1 aromatic heterocycles. The van der Waals surface area contributed by atoms with E-state index in [-0.39, 0.29) is 18.3 Å². The molecule has 0 aliphatic heterocycles. The van der Waals surface area contributed by atoms with Gasteiger partial charge in [-0.05, 0) is 64.2 Å². The third-order valence-corrected chi connectivity index (χ3v) is 6.51. The van der Waals surface area contributed by atoms with Crippen LogP contribution in [-0.2, 0) is 0 Å². The van der Waals surface area contributed by atoms with E-state index in [1.807, 2.05) is 39.0 Å². The van der Waals surface area contributed by atoms with Crippen LogP contribution in [0.5, 0.6) is 17.2 Å². The fourth-order valence-corrected chi connectivity index (χ4v) is 4.71. The van der Waals surface area contributed by atoms with Crippen LogP contribution >= 0.6 is 23.7 Å². The molecule has 0 fully saturated rings. The molecule has 192 valence electrons. The summed E-state index contributed by atoms with van der Waals surface area (Å²) in [6.45, 7) is 14.7. The van der Waals surface area contributed by atoms with Gasteiger partial charge in [0.1, 0.15) is 11.3 Å². The van der Waals surface area contributed by atoms with Crippen LogP contribution in [0.1, 0.15) is 45.0 Å². The number of carbonyl (C=O) groups excluding carboxylic acids is 1. The van der Waals surface area contributed by atoms with Crippen molar-refractivity contribution >= 4 is 45.0 Å². The predicted octanol–water partition coefficient (Wildman–Crippen LogP) is 5.90. The molecule has 1 amide bonds. The molecule has 0 saturated heterocycles. The van der Waals surface area contributed by atoms with Gasteiger partial charge in [0.2, 0.25) is 0 Å². The zero-order valence-electron chi connectivity index (χ0n) is 21.2. The van der Waals surface area contributed by atoms with Crippen molar-refractivity contribution in [2.75, 3.05) is 50.9 Å². The summed E-state index contributed by atoms with van der Waals surface area (Å²) < 4.78 is 18.2. The first-order chi connectivity index (χ1) is 16.6. The molecule has 9 heteroatoms. The van der Waals surface area contributed by atoms with Gasteiger partial charge in [-0.25, -0.2) is 4.98 Å². The number of hydrogen-bond acceptors (Lipinski definition) is 7. The number of thiazole rings is 1. The van der Waals surface area contributed by atoms with E-state index in [0.29, 0.717) is 48.6 Å². The Morgan fingerprint density at radius 3 is 2.17 bits per heavy atom.